The minimum absolute atomic E-state index is 0.175. The minimum atomic E-state index is 0.175. The Labute approximate surface area is 128 Å². The quantitative estimate of drug-likeness (QED) is 0.791. The Morgan fingerprint density at radius 3 is 2.77 bits per heavy atom. The van der Waals surface area contributed by atoms with Gasteiger partial charge in [-0.25, -0.2) is 9.97 Å². The lowest BCUT2D eigenvalue weighted by molar-refractivity contribution is 0.758. The van der Waals surface area contributed by atoms with Crippen molar-refractivity contribution in [2.45, 2.75) is 33.2 Å². The summed E-state index contributed by atoms with van der Waals surface area (Å²) >= 11 is 0. The number of nitrogens with zero attached hydrogens (tertiary/aromatic N) is 6. The van der Waals surface area contributed by atoms with Crippen LogP contribution in [-0.2, 0) is 13.5 Å². The highest BCUT2D eigenvalue weighted by Crippen LogP contribution is 2.24. The van der Waals surface area contributed by atoms with Gasteiger partial charge in [0.1, 0.15) is 11.6 Å². The van der Waals surface area contributed by atoms with Gasteiger partial charge in [-0.2, -0.15) is 5.10 Å². The molecule has 0 aliphatic heterocycles. The highest BCUT2D eigenvalue weighted by Gasteiger charge is 2.15. The molecule has 0 saturated carbocycles. The van der Waals surface area contributed by atoms with Gasteiger partial charge in [-0.05, 0) is 20.8 Å². The van der Waals surface area contributed by atoms with E-state index in [2.05, 4.69) is 37.3 Å². The number of rotatable bonds is 4. The van der Waals surface area contributed by atoms with E-state index in [9.17, 15) is 0 Å². The molecular formula is C15H19N7. The van der Waals surface area contributed by atoms with Crippen molar-refractivity contribution in [2.75, 3.05) is 5.32 Å². The molecule has 114 valence electrons. The van der Waals surface area contributed by atoms with E-state index in [0.717, 1.165) is 40.5 Å². The topological polar surface area (TPSA) is 81.4 Å². The van der Waals surface area contributed by atoms with Crippen LogP contribution in [0.3, 0.4) is 0 Å². The highest BCUT2D eigenvalue weighted by atomic mass is 15.3. The highest BCUT2D eigenvalue weighted by molar-refractivity contribution is 5.89. The van der Waals surface area contributed by atoms with Crippen LogP contribution in [0.5, 0.6) is 0 Å². The first-order valence-electron chi connectivity index (χ1n) is 7.24. The predicted octanol–water partition coefficient (Wildman–Crippen LogP) is 1.81. The summed E-state index contributed by atoms with van der Waals surface area (Å²) in [5.74, 6) is 1.55. The SMILES string of the molecule is Cc1nc(N[C@@H](C)Cc2cnccn2)c2c(C)nn(C)c2n1. The van der Waals surface area contributed by atoms with Gasteiger partial charge in [0.25, 0.3) is 0 Å². The first kappa shape index (κ1) is 14.4. The van der Waals surface area contributed by atoms with E-state index in [0.29, 0.717) is 0 Å². The molecule has 1 atom stereocenters. The van der Waals surface area contributed by atoms with Gasteiger partial charge in [-0.3, -0.25) is 14.6 Å². The van der Waals surface area contributed by atoms with Gasteiger partial charge in [0.2, 0.25) is 0 Å². The zero-order chi connectivity index (χ0) is 15.7. The van der Waals surface area contributed by atoms with Crippen LogP contribution in [0.2, 0.25) is 0 Å². The summed E-state index contributed by atoms with van der Waals surface area (Å²) < 4.78 is 1.79. The number of fused-ring (bicyclic) bond motifs is 1. The summed E-state index contributed by atoms with van der Waals surface area (Å²) in [5, 5.41) is 8.86. The molecule has 7 heteroatoms. The fourth-order valence-electron chi connectivity index (χ4n) is 2.59. The van der Waals surface area contributed by atoms with Crippen LogP contribution >= 0.6 is 0 Å². The molecule has 0 fully saturated rings. The average molecular weight is 297 g/mol. The third kappa shape index (κ3) is 2.74. The van der Waals surface area contributed by atoms with Crippen LogP contribution in [0.4, 0.5) is 5.82 Å². The van der Waals surface area contributed by atoms with Crippen LogP contribution in [0, 0.1) is 13.8 Å². The van der Waals surface area contributed by atoms with Gasteiger partial charge in [0, 0.05) is 38.1 Å². The van der Waals surface area contributed by atoms with Crippen molar-refractivity contribution in [1.29, 1.82) is 0 Å². The van der Waals surface area contributed by atoms with Crippen LogP contribution in [-0.4, -0.2) is 35.8 Å². The third-order valence-electron chi connectivity index (χ3n) is 3.49. The second kappa shape index (κ2) is 5.67. The zero-order valence-corrected chi connectivity index (χ0v) is 13.2. The van der Waals surface area contributed by atoms with Crippen molar-refractivity contribution >= 4 is 16.9 Å². The molecule has 1 N–H and O–H groups in total. The van der Waals surface area contributed by atoms with Gasteiger partial charge in [0.05, 0.1) is 16.8 Å². The van der Waals surface area contributed by atoms with E-state index in [-0.39, 0.29) is 6.04 Å². The van der Waals surface area contributed by atoms with Crippen LogP contribution in [0.15, 0.2) is 18.6 Å². The Morgan fingerprint density at radius 1 is 1.23 bits per heavy atom. The molecular weight excluding hydrogens is 278 g/mol. The first-order valence-corrected chi connectivity index (χ1v) is 7.24. The van der Waals surface area contributed by atoms with Crippen LogP contribution in [0.25, 0.3) is 11.0 Å². The summed E-state index contributed by atoms with van der Waals surface area (Å²) in [7, 11) is 1.90. The molecule has 22 heavy (non-hydrogen) atoms. The maximum absolute atomic E-state index is 4.55. The molecule has 7 nitrogen and oxygen atoms in total. The molecule has 0 spiro atoms. The van der Waals surface area contributed by atoms with Gasteiger partial charge in [-0.15, -0.1) is 0 Å². The normalized spacial score (nSPS) is 12.5. The van der Waals surface area contributed by atoms with E-state index in [4.69, 9.17) is 0 Å². The Morgan fingerprint density at radius 2 is 2.05 bits per heavy atom. The lowest BCUT2D eigenvalue weighted by atomic mass is 10.2. The number of hydrogen-bond donors (Lipinski definition) is 1. The van der Waals surface area contributed by atoms with Gasteiger partial charge in [-0.1, -0.05) is 0 Å². The number of hydrogen-bond acceptors (Lipinski definition) is 6. The molecule has 3 rings (SSSR count). The van der Waals surface area contributed by atoms with Crippen molar-refractivity contribution in [3.8, 4) is 0 Å². The Balaban J connectivity index is 1.90. The fraction of sp³-hybridized carbons (Fsp3) is 0.400. The Bertz CT molecular complexity index is 795. The van der Waals surface area contributed by atoms with E-state index in [1.54, 1.807) is 23.3 Å². The molecule has 0 saturated heterocycles. The maximum Gasteiger partial charge on any atom is 0.163 e. The maximum atomic E-state index is 4.55. The second-order valence-corrected chi connectivity index (χ2v) is 5.47. The smallest absolute Gasteiger partial charge is 0.163 e. The third-order valence-corrected chi connectivity index (χ3v) is 3.49. The monoisotopic (exact) mass is 297 g/mol. The summed E-state index contributed by atoms with van der Waals surface area (Å²) in [6, 6.07) is 0.175. The van der Waals surface area contributed by atoms with Crippen LogP contribution < -0.4 is 5.32 Å². The zero-order valence-electron chi connectivity index (χ0n) is 13.2. The number of anilines is 1. The molecule has 0 unspecified atom stereocenters. The standard InChI is InChI=1S/C15H19N7/c1-9(7-12-8-16-5-6-17-12)18-14-13-10(2)21-22(4)15(13)20-11(3)19-14/h5-6,8-9H,7H2,1-4H3,(H,18,19,20)/t9-/m0/s1. The van der Waals surface area contributed by atoms with Crippen LogP contribution in [0.1, 0.15) is 24.1 Å². The molecule has 3 aromatic heterocycles. The summed E-state index contributed by atoms with van der Waals surface area (Å²) in [6.07, 6.45) is 5.95. The number of aromatic nitrogens is 6. The first-order chi connectivity index (χ1) is 10.5. The van der Waals surface area contributed by atoms with Crippen molar-refractivity contribution in [3.05, 3.63) is 35.8 Å². The molecule has 0 radical (unpaired) electrons. The Hall–Kier alpha value is -2.57. The molecule has 0 bridgehead atoms. The lowest BCUT2D eigenvalue weighted by Gasteiger charge is -2.15. The predicted molar refractivity (Wildman–Crippen MR) is 84.6 cm³/mol. The molecule has 3 heterocycles. The van der Waals surface area contributed by atoms with E-state index >= 15 is 0 Å². The largest absolute Gasteiger partial charge is 0.366 e. The van der Waals surface area contributed by atoms with Crippen molar-refractivity contribution in [1.82, 2.24) is 29.7 Å². The van der Waals surface area contributed by atoms with Gasteiger partial charge >= 0.3 is 0 Å². The summed E-state index contributed by atoms with van der Waals surface area (Å²) in [5.41, 5.74) is 2.72. The average Bonchev–Trinajstić information content (AvgIpc) is 2.74. The van der Waals surface area contributed by atoms with Gasteiger partial charge in [0.15, 0.2) is 5.65 Å². The van der Waals surface area contributed by atoms with E-state index in [1.807, 2.05) is 20.9 Å². The minimum Gasteiger partial charge on any atom is -0.366 e. The van der Waals surface area contributed by atoms with Crippen molar-refractivity contribution < 1.29 is 0 Å². The van der Waals surface area contributed by atoms with E-state index in [1.165, 1.54) is 0 Å². The van der Waals surface area contributed by atoms with Crippen molar-refractivity contribution in [3.63, 3.8) is 0 Å². The fourth-order valence-corrected chi connectivity index (χ4v) is 2.59. The molecule has 0 amide bonds. The summed E-state index contributed by atoms with van der Waals surface area (Å²) in [6.45, 7) is 5.96. The summed E-state index contributed by atoms with van der Waals surface area (Å²) in [4.78, 5) is 17.4. The second-order valence-electron chi connectivity index (χ2n) is 5.47. The molecule has 0 aliphatic rings. The Kier molecular flexibility index (Phi) is 3.70. The number of nitrogens with one attached hydrogen (secondary N) is 1. The molecule has 0 aliphatic carbocycles. The molecule has 0 aromatic carbocycles. The number of aryl methyl sites for hydroxylation is 3. The van der Waals surface area contributed by atoms with Crippen molar-refractivity contribution in [2.24, 2.45) is 7.05 Å². The molecule has 3 aromatic rings. The van der Waals surface area contributed by atoms with Gasteiger partial charge < -0.3 is 5.32 Å². The lowest BCUT2D eigenvalue weighted by Crippen LogP contribution is -2.20. The van der Waals surface area contributed by atoms with E-state index < -0.39 is 0 Å².